The first-order valence-electron chi connectivity index (χ1n) is 19.2. The number of rotatable bonds is 6. The standard InChI is InChI=1S/C53H40S2/c1-5-47-53(45-31-46-39-17-13-14-22-48(39)55-49(46)29-34(45)4)44-26-25-37(30-50(44)54-47)32(2)27-36-23-24-38(28-33(36)3)52-42-20-11-9-18-40(42)51(35-15-7-6-8-16-35)41-19-10-12-21-43(41)52/h5-9,11,13-31H,1,10,12H2,2-4H3/b32-27+. The Kier molecular flexibility index (Phi) is 8.28. The Morgan fingerprint density at radius 2 is 1.22 bits per heavy atom. The Morgan fingerprint density at radius 1 is 0.545 bits per heavy atom. The number of fused-ring (bicyclic) bond motifs is 6. The van der Waals surface area contributed by atoms with Crippen LogP contribution in [0.4, 0.5) is 0 Å². The highest BCUT2D eigenvalue weighted by atomic mass is 32.1. The number of hydrogen-bond donors (Lipinski definition) is 0. The topological polar surface area (TPSA) is 0 Å². The molecule has 0 bridgehead atoms. The Balaban J connectivity index is 1.04. The predicted octanol–water partition coefficient (Wildman–Crippen LogP) is 14.6. The van der Waals surface area contributed by atoms with Crippen molar-refractivity contribution < 1.29 is 0 Å². The molecule has 0 fully saturated rings. The summed E-state index contributed by atoms with van der Waals surface area (Å²) in [6, 6.07) is 47.5. The molecule has 264 valence electrons. The molecule has 0 amide bonds. The maximum absolute atomic E-state index is 4.25. The van der Waals surface area contributed by atoms with Gasteiger partial charge in [-0.05, 0) is 135 Å². The lowest BCUT2D eigenvalue weighted by Gasteiger charge is -2.18. The highest BCUT2D eigenvalue weighted by molar-refractivity contribution is 7.25. The fourth-order valence-corrected chi connectivity index (χ4v) is 11.1. The van der Waals surface area contributed by atoms with Crippen LogP contribution in [0.3, 0.4) is 0 Å². The predicted molar refractivity (Wildman–Crippen MR) is 245 cm³/mol. The molecule has 0 N–H and O–H groups in total. The van der Waals surface area contributed by atoms with E-state index in [9.17, 15) is 0 Å². The number of hydrogen-bond acceptors (Lipinski definition) is 2. The van der Waals surface area contributed by atoms with Gasteiger partial charge in [-0.25, -0.2) is 0 Å². The largest absolute Gasteiger partial charge is 0.135 e. The maximum Gasteiger partial charge on any atom is 0.0361 e. The molecule has 2 heteroatoms. The minimum atomic E-state index is 1.07. The van der Waals surface area contributed by atoms with Gasteiger partial charge in [0, 0.05) is 40.7 Å². The second-order valence-corrected chi connectivity index (χ2v) is 17.1. The van der Waals surface area contributed by atoms with E-state index >= 15 is 0 Å². The molecule has 0 saturated heterocycles. The number of benzene rings is 7. The number of allylic oxidation sites excluding steroid dienone is 1. The third-order valence-electron chi connectivity index (χ3n) is 11.5. The third kappa shape index (κ3) is 5.63. The summed E-state index contributed by atoms with van der Waals surface area (Å²) in [7, 11) is 0. The van der Waals surface area contributed by atoms with Crippen LogP contribution < -0.4 is 10.4 Å². The van der Waals surface area contributed by atoms with Gasteiger partial charge in [-0.2, -0.15) is 0 Å². The van der Waals surface area contributed by atoms with Gasteiger partial charge in [0.1, 0.15) is 0 Å². The van der Waals surface area contributed by atoms with E-state index in [1.54, 1.807) is 0 Å². The number of aryl methyl sites for hydroxylation is 2. The third-order valence-corrected chi connectivity index (χ3v) is 13.8. The molecule has 7 aromatic carbocycles. The summed E-state index contributed by atoms with van der Waals surface area (Å²) in [4.78, 5) is 1.23. The van der Waals surface area contributed by atoms with Crippen molar-refractivity contribution >= 4 is 93.6 Å². The van der Waals surface area contributed by atoms with Gasteiger partial charge in [0.2, 0.25) is 0 Å². The molecule has 10 rings (SSSR count). The zero-order chi connectivity index (χ0) is 37.2. The van der Waals surface area contributed by atoms with Gasteiger partial charge in [0.15, 0.2) is 0 Å². The van der Waals surface area contributed by atoms with Crippen molar-refractivity contribution in [2.24, 2.45) is 0 Å². The van der Waals surface area contributed by atoms with Crippen LogP contribution in [0.2, 0.25) is 0 Å². The molecule has 0 unspecified atom stereocenters. The fourth-order valence-electron chi connectivity index (χ4n) is 8.82. The van der Waals surface area contributed by atoms with Gasteiger partial charge in [-0.15, -0.1) is 22.7 Å². The van der Waals surface area contributed by atoms with E-state index in [2.05, 4.69) is 173 Å². The van der Waals surface area contributed by atoms with E-state index < -0.39 is 0 Å². The molecule has 0 atom stereocenters. The van der Waals surface area contributed by atoms with Crippen LogP contribution in [-0.4, -0.2) is 0 Å². The first kappa shape index (κ1) is 33.7. The average molecular weight is 741 g/mol. The molecule has 0 nitrogen and oxygen atoms in total. The SMILES string of the molecule is C=Cc1sc2cc(/C(C)=C/c3ccc(-c4c5c(c(-c6ccccc6)c6ccccc46)=CCCC=5)cc3C)ccc2c1-c1cc2c(cc1C)sc1ccccc12. The lowest BCUT2D eigenvalue weighted by Crippen LogP contribution is -2.31. The van der Waals surface area contributed by atoms with Crippen molar-refractivity contribution in [3.63, 3.8) is 0 Å². The Bertz CT molecular complexity index is 3180. The first-order valence-corrected chi connectivity index (χ1v) is 20.8. The van der Waals surface area contributed by atoms with Gasteiger partial charge in [-0.1, -0.05) is 134 Å². The summed E-state index contributed by atoms with van der Waals surface area (Å²) < 4.78 is 3.98. The Hall–Kier alpha value is -5.80. The molecule has 0 aliphatic heterocycles. The van der Waals surface area contributed by atoms with Crippen molar-refractivity contribution in [3.8, 4) is 33.4 Å². The van der Waals surface area contributed by atoms with Crippen LogP contribution in [0, 0.1) is 13.8 Å². The molecule has 1 aliphatic rings. The van der Waals surface area contributed by atoms with E-state index in [-0.39, 0.29) is 0 Å². The van der Waals surface area contributed by atoms with Crippen molar-refractivity contribution in [1.82, 2.24) is 0 Å². The van der Waals surface area contributed by atoms with Crippen molar-refractivity contribution in [3.05, 3.63) is 172 Å². The number of thiophene rings is 2. The van der Waals surface area contributed by atoms with Crippen molar-refractivity contribution in [2.45, 2.75) is 33.6 Å². The van der Waals surface area contributed by atoms with Crippen molar-refractivity contribution in [1.29, 1.82) is 0 Å². The lowest BCUT2D eigenvalue weighted by atomic mass is 9.85. The highest BCUT2D eigenvalue weighted by Crippen LogP contribution is 2.45. The van der Waals surface area contributed by atoms with E-state index in [1.165, 1.54) is 118 Å². The minimum Gasteiger partial charge on any atom is -0.135 e. The summed E-state index contributed by atoms with van der Waals surface area (Å²) in [5.74, 6) is 0. The summed E-state index contributed by atoms with van der Waals surface area (Å²) in [6.45, 7) is 11.0. The van der Waals surface area contributed by atoms with Gasteiger partial charge >= 0.3 is 0 Å². The minimum absolute atomic E-state index is 1.07. The Labute approximate surface area is 330 Å². The molecule has 9 aromatic rings. The summed E-state index contributed by atoms with van der Waals surface area (Å²) in [5, 5.41) is 9.32. The van der Waals surface area contributed by atoms with Crippen LogP contribution in [0.15, 0.2) is 134 Å². The van der Waals surface area contributed by atoms with Crippen molar-refractivity contribution in [2.75, 3.05) is 0 Å². The fraction of sp³-hybridized carbons (Fsp3) is 0.0943. The first-order chi connectivity index (χ1) is 27.0. The van der Waals surface area contributed by atoms with Gasteiger partial charge in [0.05, 0.1) is 0 Å². The maximum atomic E-state index is 4.25. The highest BCUT2D eigenvalue weighted by Gasteiger charge is 2.19. The summed E-state index contributed by atoms with van der Waals surface area (Å²) in [5.41, 5.74) is 14.2. The van der Waals surface area contributed by atoms with E-state index in [4.69, 9.17) is 0 Å². The van der Waals surface area contributed by atoms with Crippen LogP contribution in [0.25, 0.3) is 104 Å². The van der Waals surface area contributed by atoms with E-state index in [0.29, 0.717) is 0 Å². The van der Waals surface area contributed by atoms with E-state index in [1.807, 2.05) is 28.7 Å². The van der Waals surface area contributed by atoms with Crippen LogP contribution in [0.5, 0.6) is 0 Å². The Morgan fingerprint density at radius 3 is 1.95 bits per heavy atom. The van der Waals surface area contributed by atoms with Gasteiger partial charge in [0.25, 0.3) is 0 Å². The van der Waals surface area contributed by atoms with Gasteiger partial charge < -0.3 is 0 Å². The molecular formula is C53H40S2. The van der Waals surface area contributed by atoms with Crippen LogP contribution in [-0.2, 0) is 0 Å². The molecule has 0 spiro atoms. The summed E-state index contributed by atoms with van der Waals surface area (Å²) in [6.07, 6.45) is 11.4. The zero-order valence-electron chi connectivity index (χ0n) is 31.4. The van der Waals surface area contributed by atoms with E-state index in [0.717, 1.165) is 12.8 Å². The second kappa shape index (κ2) is 13.5. The smallest absolute Gasteiger partial charge is 0.0361 e. The van der Waals surface area contributed by atoms with Crippen LogP contribution >= 0.6 is 22.7 Å². The van der Waals surface area contributed by atoms with Crippen LogP contribution in [0.1, 0.15) is 46.9 Å². The summed E-state index contributed by atoms with van der Waals surface area (Å²) >= 11 is 3.72. The molecular weight excluding hydrogens is 701 g/mol. The molecule has 55 heavy (non-hydrogen) atoms. The monoisotopic (exact) mass is 740 g/mol. The second-order valence-electron chi connectivity index (χ2n) is 14.9. The molecule has 2 heterocycles. The normalized spacial score (nSPS) is 13.0. The lowest BCUT2D eigenvalue weighted by molar-refractivity contribution is 1.12. The quantitative estimate of drug-likeness (QED) is 0.149. The van der Waals surface area contributed by atoms with Gasteiger partial charge in [-0.3, -0.25) is 0 Å². The molecule has 0 radical (unpaired) electrons. The zero-order valence-corrected chi connectivity index (χ0v) is 33.0. The average Bonchev–Trinajstić information content (AvgIpc) is 3.77. The molecule has 2 aromatic heterocycles. The molecule has 0 saturated carbocycles. The molecule has 1 aliphatic carbocycles.